The van der Waals surface area contributed by atoms with Crippen LogP contribution in [0, 0.1) is 0 Å². The second kappa shape index (κ2) is 9.30. The van der Waals surface area contributed by atoms with Gasteiger partial charge in [0.1, 0.15) is 0 Å². The fraction of sp³-hybridized carbons (Fsp3) is 0.375. The van der Waals surface area contributed by atoms with Crippen molar-refractivity contribution in [1.29, 1.82) is 0 Å². The summed E-state index contributed by atoms with van der Waals surface area (Å²) < 4.78 is 12.1. The number of nitrogens with zero attached hydrogens (tertiary/aromatic N) is 4. The molecule has 1 aliphatic heterocycles. The van der Waals surface area contributed by atoms with Crippen LogP contribution in [0.1, 0.15) is 18.4 Å². The molecule has 0 saturated heterocycles. The maximum Gasteiger partial charge on any atom is 0.261 e. The summed E-state index contributed by atoms with van der Waals surface area (Å²) in [5.74, 6) is 1.11. The van der Waals surface area contributed by atoms with Crippen molar-refractivity contribution in [3.8, 4) is 11.5 Å². The second-order valence-electron chi connectivity index (χ2n) is 7.94. The number of aromatic nitrogens is 2. The molecule has 0 spiro atoms. The van der Waals surface area contributed by atoms with Crippen molar-refractivity contribution < 1.29 is 14.3 Å². The first kappa shape index (κ1) is 21.7. The van der Waals surface area contributed by atoms with E-state index >= 15 is 0 Å². The molecule has 32 heavy (non-hydrogen) atoms. The van der Waals surface area contributed by atoms with Crippen LogP contribution in [0.2, 0.25) is 0 Å². The number of benzene rings is 2. The lowest BCUT2D eigenvalue weighted by atomic mass is 10.1. The topological polar surface area (TPSA) is 76.9 Å². The molecule has 1 aliphatic rings. The van der Waals surface area contributed by atoms with Crippen molar-refractivity contribution in [2.75, 3.05) is 39.3 Å². The van der Waals surface area contributed by atoms with E-state index in [0.29, 0.717) is 54.9 Å². The van der Waals surface area contributed by atoms with Crippen molar-refractivity contribution in [3.05, 3.63) is 58.6 Å². The molecule has 0 unspecified atom stereocenters. The van der Waals surface area contributed by atoms with Crippen LogP contribution in [0.4, 0.5) is 5.69 Å². The van der Waals surface area contributed by atoms with Gasteiger partial charge in [-0.3, -0.25) is 14.2 Å². The molecule has 0 radical (unpaired) electrons. The van der Waals surface area contributed by atoms with Crippen molar-refractivity contribution in [1.82, 2.24) is 14.5 Å². The first-order chi connectivity index (χ1) is 15.5. The lowest BCUT2D eigenvalue weighted by Crippen LogP contribution is -2.34. The molecular formula is C24H28N4O4. The summed E-state index contributed by atoms with van der Waals surface area (Å²) in [5.41, 5.74) is 2.71. The van der Waals surface area contributed by atoms with Crippen LogP contribution in [-0.4, -0.2) is 54.7 Å². The van der Waals surface area contributed by atoms with E-state index in [-0.39, 0.29) is 11.5 Å². The van der Waals surface area contributed by atoms with Gasteiger partial charge in [-0.2, -0.15) is 0 Å². The highest BCUT2D eigenvalue weighted by atomic mass is 16.5. The number of ether oxygens (including phenoxy) is 2. The standard InChI is InChI=1S/C24H28N4O4/c1-26-11-12-27(15-17-7-4-5-8-20(17)26)23(29)9-6-10-28-16-25-19-14-22(32-3)21(31-2)13-18(19)24(28)30/h4-5,7-8,13-14,16H,6,9-12,15H2,1-3H3. The van der Waals surface area contributed by atoms with Crippen LogP contribution in [-0.2, 0) is 17.9 Å². The summed E-state index contributed by atoms with van der Waals surface area (Å²) in [5, 5.41) is 0.462. The Morgan fingerprint density at radius 1 is 1.09 bits per heavy atom. The average molecular weight is 437 g/mol. The quantitative estimate of drug-likeness (QED) is 0.591. The van der Waals surface area contributed by atoms with Crippen molar-refractivity contribution in [2.24, 2.45) is 0 Å². The van der Waals surface area contributed by atoms with Gasteiger partial charge in [0.2, 0.25) is 5.91 Å². The van der Waals surface area contributed by atoms with Gasteiger partial charge in [0.25, 0.3) is 5.56 Å². The van der Waals surface area contributed by atoms with Crippen LogP contribution in [0.15, 0.2) is 47.5 Å². The van der Waals surface area contributed by atoms with Gasteiger partial charge in [0, 0.05) is 51.4 Å². The van der Waals surface area contributed by atoms with Crippen LogP contribution < -0.4 is 19.9 Å². The Kier molecular flexibility index (Phi) is 6.30. The number of carbonyl (C=O) groups excluding carboxylic acids is 1. The number of likely N-dealkylation sites (N-methyl/N-ethyl adjacent to an activating group) is 1. The molecule has 0 N–H and O–H groups in total. The lowest BCUT2D eigenvalue weighted by Gasteiger charge is -2.21. The van der Waals surface area contributed by atoms with Gasteiger partial charge in [0.15, 0.2) is 11.5 Å². The summed E-state index contributed by atoms with van der Waals surface area (Å²) in [7, 11) is 5.13. The van der Waals surface area contributed by atoms with Crippen LogP contribution in [0.5, 0.6) is 11.5 Å². The number of hydrogen-bond donors (Lipinski definition) is 0. The third-order valence-electron chi connectivity index (χ3n) is 5.94. The van der Waals surface area contributed by atoms with E-state index in [0.717, 1.165) is 12.1 Å². The highest BCUT2D eigenvalue weighted by Crippen LogP contribution is 2.30. The number of para-hydroxylation sites is 1. The molecule has 0 bridgehead atoms. The van der Waals surface area contributed by atoms with Crippen LogP contribution >= 0.6 is 0 Å². The summed E-state index contributed by atoms with van der Waals surface area (Å²) in [6, 6.07) is 11.5. The molecule has 2 heterocycles. The molecule has 1 aromatic heterocycles. The first-order valence-electron chi connectivity index (χ1n) is 10.7. The van der Waals surface area contributed by atoms with Gasteiger partial charge in [-0.25, -0.2) is 4.98 Å². The van der Waals surface area contributed by atoms with E-state index in [1.807, 2.05) is 17.0 Å². The average Bonchev–Trinajstić information content (AvgIpc) is 2.99. The molecule has 168 valence electrons. The minimum atomic E-state index is -0.159. The maximum absolute atomic E-state index is 12.9. The van der Waals surface area contributed by atoms with E-state index in [1.54, 1.807) is 23.8 Å². The van der Waals surface area contributed by atoms with Gasteiger partial charge >= 0.3 is 0 Å². The Morgan fingerprint density at radius 2 is 1.84 bits per heavy atom. The molecule has 2 aromatic carbocycles. The molecule has 0 atom stereocenters. The monoisotopic (exact) mass is 436 g/mol. The highest BCUT2D eigenvalue weighted by Gasteiger charge is 2.21. The number of aryl methyl sites for hydroxylation is 1. The minimum Gasteiger partial charge on any atom is -0.493 e. The van der Waals surface area contributed by atoms with E-state index in [9.17, 15) is 9.59 Å². The molecule has 8 nitrogen and oxygen atoms in total. The zero-order chi connectivity index (χ0) is 22.7. The smallest absolute Gasteiger partial charge is 0.261 e. The van der Waals surface area contributed by atoms with Gasteiger partial charge < -0.3 is 19.3 Å². The van der Waals surface area contributed by atoms with Crippen LogP contribution in [0.3, 0.4) is 0 Å². The lowest BCUT2D eigenvalue weighted by molar-refractivity contribution is -0.131. The Bertz CT molecular complexity index is 1190. The largest absolute Gasteiger partial charge is 0.493 e. The molecule has 0 aliphatic carbocycles. The normalized spacial score (nSPS) is 13.6. The zero-order valence-electron chi connectivity index (χ0n) is 18.7. The predicted octanol–water partition coefficient (Wildman–Crippen LogP) is 2.67. The number of hydrogen-bond acceptors (Lipinski definition) is 6. The predicted molar refractivity (Wildman–Crippen MR) is 123 cm³/mol. The Morgan fingerprint density at radius 3 is 2.62 bits per heavy atom. The maximum atomic E-state index is 12.9. The Balaban J connectivity index is 1.43. The summed E-state index contributed by atoms with van der Waals surface area (Å²) in [6.07, 6.45) is 2.47. The molecule has 0 fully saturated rings. The van der Waals surface area contributed by atoms with E-state index in [4.69, 9.17) is 9.47 Å². The Hall–Kier alpha value is -3.55. The molecule has 8 heteroatoms. The van der Waals surface area contributed by atoms with E-state index < -0.39 is 0 Å². The van der Waals surface area contributed by atoms with Crippen molar-refractivity contribution in [2.45, 2.75) is 25.9 Å². The summed E-state index contributed by atoms with van der Waals surface area (Å²) in [6.45, 7) is 2.51. The first-order valence-corrected chi connectivity index (χ1v) is 10.7. The Labute approximate surface area is 187 Å². The highest BCUT2D eigenvalue weighted by molar-refractivity contribution is 5.81. The van der Waals surface area contributed by atoms with Gasteiger partial charge in [-0.05, 0) is 24.1 Å². The number of methoxy groups -OCH3 is 2. The minimum absolute atomic E-state index is 0.100. The molecule has 0 saturated carbocycles. The van der Waals surface area contributed by atoms with E-state index in [1.165, 1.54) is 19.1 Å². The fourth-order valence-electron chi connectivity index (χ4n) is 4.11. The number of fused-ring (bicyclic) bond motifs is 2. The van der Waals surface area contributed by atoms with Crippen LogP contribution in [0.25, 0.3) is 10.9 Å². The van der Waals surface area contributed by atoms with Crippen molar-refractivity contribution >= 4 is 22.5 Å². The van der Waals surface area contributed by atoms with Gasteiger partial charge in [0.05, 0.1) is 31.4 Å². The number of carbonyl (C=O) groups is 1. The van der Waals surface area contributed by atoms with E-state index in [2.05, 4.69) is 29.1 Å². The van der Waals surface area contributed by atoms with Gasteiger partial charge in [-0.15, -0.1) is 0 Å². The third-order valence-corrected chi connectivity index (χ3v) is 5.94. The molecular weight excluding hydrogens is 408 g/mol. The summed E-state index contributed by atoms with van der Waals surface area (Å²) in [4.78, 5) is 34.3. The molecule has 3 aromatic rings. The summed E-state index contributed by atoms with van der Waals surface area (Å²) >= 11 is 0. The SMILES string of the molecule is COc1cc2ncn(CCCC(=O)N3CCN(C)c4ccccc4C3)c(=O)c2cc1OC. The fourth-order valence-corrected chi connectivity index (χ4v) is 4.11. The number of anilines is 1. The van der Waals surface area contributed by atoms with Gasteiger partial charge in [-0.1, -0.05) is 18.2 Å². The zero-order valence-corrected chi connectivity index (χ0v) is 18.7. The second-order valence-corrected chi connectivity index (χ2v) is 7.94. The third kappa shape index (κ3) is 4.26. The van der Waals surface area contributed by atoms with Crippen molar-refractivity contribution in [3.63, 3.8) is 0 Å². The molecule has 1 amide bonds. The number of amides is 1. The molecule has 4 rings (SSSR count). The number of rotatable bonds is 6.